The maximum Gasteiger partial charge on any atom is 0.0242 e. The molecule has 0 aliphatic heterocycles. The Morgan fingerprint density at radius 2 is 1.88 bits per heavy atom. The van der Waals surface area contributed by atoms with Crippen molar-refractivity contribution in [1.29, 1.82) is 0 Å². The third kappa shape index (κ3) is 3.40. The van der Waals surface area contributed by atoms with Gasteiger partial charge in [-0.1, -0.05) is 31.9 Å². The van der Waals surface area contributed by atoms with E-state index in [0.29, 0.717) is 6.04 Å². The van der Waals surface area contributed by atoms with Crippen LogP contribution in [0.5, 0.6) is 0 Å². The second-order valence-electron chi connectivity index (χ2n) is 4.16. The van der Waals surface area contributed by atoms with Gasteiger partial charge in [0.25, 0.3) is 0 Å². The fraction of sp³-hybridized carbons (Fsp3) is 0.467. The van der Waals surface area contributed by atoms with Crippen LogP contribution in [0.4, 0.5) is 0 Å². The fourth-order valence-electron chi connectivity index (χ4n) is 1.78. The third-order valence-electron chi connectivity index (χ3n) is 3.13. The lowest BCUT2D eigenvalue weighted by atomic mass is 10.1. The summed E-state index contributed by atoms with van der Waals surface area (Å²) in [6.07, 6.45) is 6.53. The van der Waals surface area contributed by atoms with Gasteiger partial charge < -0.3 is 0 Å². The first-order valence-corrected chi connectivity index (χ1v) is 6.00. The number of terminal acetylenes is 1. The van der Waals surface area contributed by atoms with Gasteiger partial charge in [0.05, 0.1) is 0 Å². The van der Waals surface area contributed by atoms with Gasteiger partial charge in [0, 0.05) is 18.2 Å². The van der Waals surface area contributed by atoms with Gasteiger partial charge in [-0.3, -0.25) is 4.90 Å². The van der Waals surface area contributed by atoms with E-state index in [0.717, 1.165) is 18.7 Å². The van der Waals surface area contributed by atoms with Crippen LogP contribution in [0.3, 0.4) is 0 Å². The monoisotopic (exact) mass is 215 g/mol. The van der Waals surface area contributed by atoms with Crippen LogP contribution in [-0.4, -0.2) is 17.5 Å². The first-order chi connectivity index (χ1) is 7.71. The van der Waals surface area contributed by atoms with Gasteiger partial charge in [-0.2, -0.15) is 0 Å². The van der Waals surface area contributed by atoms with Crippen molar-refractivity contribution >= 4 is 0 Å². The van der Waals surface area contributed by atoms with E-state index in [1.54, 1.807) is 0 Å². The molecule has 1 aromatic carbocycles. The van der Waals surface area contributed by atoms with E-state index in [1.807, 2.05) is 12.1 Å². The summed E-state index contributed by atoms with van der Waals surface area (Å²) in [4.78, 5) is 2.48. The molecule has 0 saturated carbocycles. The van der Waals surface area contributed by atoms with Crippen molar-refractivity contribution in [1.82, 2.24) is 4.90 Å². The minimum absolute atomic E-state index is 0.636. The zero-order valence-electron chi connectivity index (χ0n) is 10.5. The molecule has 0 aliphatic rings. The number of nitrogens with zero attached hydrogens (tertiary/aromatic N) is 1. The van der Waals surface area contributed by atoms with E-state index in [1.165, 1.54) is 12.0 Å². The highest BCUT2D eigenvalue weighted by Crippen LogP contribution is 2.11. The van der Waals surface area contributed by atoms with Gasteiger partial charge in [0.2, 0.25) is 0 Å². The number of benzene rings is 1. The molecule has 1 nitrogen and oxygen atoms in total. The third-order valence-corrected chi connectivity index (χ3v) is 3.13. The molecular formula is C15H21N. The van der Waals surface area contributed by atoms with Crippen LogP contribution in [0, 0.1) is 12.3 Å². The molecule has 16 heavy (non-hydrogen) atoms. The van der Waals surface area contributed by atoms with Crippen molar-refractivity contribution in [3.8, 4) is 12.3 Å². The van der Waals surface area contributed by atoms with Crippen molar-refractivity contribution in [2.45, 2.75) is 39.8 Å². The predicted molar refractivity (Wildman–Crippen MR) is 70.2 cm³/mol. The molecule has 0 amide bonds. The topological polar surface area (TPSA) is 3.24 Å². The lowest BCUT2D eigenvalue weighted by Gasteiger charge is -2.26. The molecule has 1 aromatic rings. The molecule has 1 unspecified atom stereocenters. The minimum atomic E-state index is 0.636. The summed E-state index contributed by atoms with van der Waals surface area (Å²) >= 11 is 0. The molecule has 0 spiro atoms. The number of hydrogen-bond donors (Lipinski definition) is 0. The summed E-state index contributed by atoms with van der Waals surface area (Å²) in [6, 6.07) is 8.91. The summed E-state index contributed by atoms with van der Waals surface area (Å²) < 4.78 is 0. The minimum Gasteiger partial charge on any atom is -0.297 e. The summed E-state index contributed by atoms with van der Waals surface area (Å²) in [6.45, 7) is 8.82. The molecule has 86 valence electrons. The van der Waals surface area contributed by atoms with Crippen LogP contribution in [0.15, 0.2) is 24.3 Å². The van der Waals surface area contributed by atoms with Gasteiger partial charge in [-0.25, -0.2) is 0 Å². The van der Waals surface area contributed by atoms with E-state index in [4.69, 9.17) is 6.42 Å². The zero-order chi connectivity index (χ0) is 12.0. The molecule has 1 atom stereocenters. The van der Waals surface area contributed by atoms with E-state index in [2.05, 4.69) is 43.7 Å². The smallest absolute Gasteiger partial charge is 0.0242 e. The Morgan fingerprint density at radius 3 is 2.31 bits per heavy atom. The summed E-state index contributed by atoms with van der Waals surface area (Å²) in [5.41, 5.74) is 2.29. The van der Waals surface area contributed by atoms with Gasteiger partial charge in [-0.15, -0.1) is 6.42 Å². The highest BCUT2D eigenvalue weighted by molar-refractivity contribution is 5.34. The molecule has 0 bridgehead atoms. The first-order valence-electron chi connectivity index (χ1n) is 6.00. The second kappa shape index (κ2) is 6.35. The standard InChI is InChI=1S/C15H21N/c1-5-13(4)16(7-3)12-15-10-8-14(6-2)9-11-15/h2,8-11,13H,5,7,12H2,1,3-4H3. The van der Waals surface area contributed by atoms with Crippen LogP contribution in [-0.2, 0) is 6.54 Å². The lowest BCUT2D eigenvalue weighted by molar-refractivity contribution is 0.206. The highest BCUT2D eigenvalue weighted by Gasteiger charge is 2.09. The Hall–Kier alpha value is -1.26. The molecule has 1 heteroatoms. The molecule has 0 aliphatic carbocycles. The molecular weight excluding hydrogens is 194 g/mol. The van der Waals surface area contributed by atoms with E-state index >= 15 is 0 Å². The van der Waals surface area contributed by atoms with Crippen molar-refractivity contribution in [3.63, 3.8) is 0 Å². The van der Waals surface area contributed by atoms with Crippen molar-refractivity contribution < 1.29 is 0 Å². The van der Waals surface area contributed by atoms with Gasteiger partial charge in [0.1, 0.15) is 0 Å². The van der Waals surface area contributed by atoms with Crippen LogP contribution in [0.25, 0.3) is 0 Å². The van der Waals surface area contributed by atoms with Gasteiger partial charge in [0.15, 0.2) is 0 Å². The van der Waals surface area contributed by atoms with Crippen LogP contribution in [0.1, 0.15) is 38.3 Å². The van der Waals surface area contributed by atoms with Gasteiger partial charge in [-0.05, 0) is 37.6 Å². The maximum atomic E-state index is 5.34. The normalized spacial score (nSPS) is 12.4. The SMILES string of the molecule is C#Cc1ccc(CN(CC)C(C)CC)cc1. The fourth-order valence-corrected chi connectivity index (χ4v) is 1.78. The summed E-state index contributed by atoms with van der Waals surface area (Å²) in [5.74, 6) is 2.64. The Morgan fingerprint density at radius 1 is 1.25 bits per heavy atom. The molecule has 0 heterocycles. The Kier molecular flexibility index (Phi) is 5.08. The maximum absolute atomic E-state index is 5.34. The van der Waals surface area contributed by atoms with Crippen LogP contribution >= 0.6 is 0 Å². The number of hydrogen-bond acceptors (Lipinski definition) is 1. The Labute approximate surface area is 99.5 Å². The van der Waals surface area contributed by atoms with Crippen LogP contribution in [0.2, 0.25) is 0 Å². The average molecular weight is 215 g/mol. The van der Waals surface area contributed by atoms with E-state index < -0.39 is 0 Å². The van der Waals surface area contributed by atoms with Crippen LogP contribution < -0.4 is 0 Å². The first kappa shape index (κ1) is 12.8. The predicted octanol–water partition coefficient (Wildman–Crippen LogP) is 3.29. The Bertz CT molecular complexity index is 345. The largest absolute Gasteiger partial charge is 0.297 e. The summed E-state index contributed by atoms with van der Waals surface area (Å²) in [5, 5.41) is 0. The summed E-state index contributed by atoms with van der Waals surface area (Å²) in [7, 11) is 0. The molecule has 1 rings (SSSR count). The average Bonchev–Trinajstić information content (AvgIpc) is 2.35. The quantitative estimate of drug-likeness (QED) is 0.681. The number of rotatable bonds is 5. The van der Waals surface area contributed by atoms with Crippen molar-refractivity contribution in [2.24, 2.45) is 0 Å². The van der Waals surface area contributed by atoms with Crippen molar-refractivity contribution in [2.75, 3.05) is 6.54 Å². The lowest BCUT2D eigenvalue weighted by Crippen LogP contribution is -2.31. The van der Waals surface area contributed by atoms with Crippen molar-refractivity contribution in [3.05, 3.63) is 35.4 Å². The Balaban J connectivity index is 2.67. The molecule has 0 aromatic heterocycles. The molecule has 0 radical (unpaired) electrons. The highest BCUT2D eigenvalue weighted by atomic mass is 15.1. The molecule has 0 saturated heterocycles. The van der Waals surface area contributed by atoms with E-state index in [-0.39, 0.29) is 0 Å². The van der Waals surface area contributed by atoms with E-state index in [9.17, 15) is 0 Å². The molecule has 0 fully saturated rings. The molecule has 0 N–H and O–H groups in total. The zero-order valence-corrected chi connectivity index (χ0v) is 10.5. The second-order valence-corrected chi connectivity index (χ2v) is 4.16. The van der Waals surface area contributed by atoms with Gasteiger partial charge >= 0.3 is 0 Å².